The van der Waals surface area contributed by atoms with Gasteiger partial charge in [0.05, 0.1) is 0 Å². The SMILES string of the molecule is O=P(Oc1ccccc1)(Oc1ccccc1Cc1ccccc1)Oc1ccccc1Cc1ccccc1. The summed E-state index contributed by atoms with van der Waals surface area (Å²) in [6, 6.07) is 44.1. The monoisotopic (exact) mass is 506 g/mol. The Kier molecular flexibility index (Phi) is 7.69. The summed E-state index contributed by atoms with van der Waals surface area (Å²) < 4.78 is 32.5. The number of hydrogen-bond acceptors (Lipinski definition) is 4. The van der Waals surface area contributed by atoms with Gasteiger partial charge in [-0.1, -0.05) is 115 Å². The van der Waals surface area contributed by atoms with Gasteiger partial charge < -0.3 is 13.6 Å². The van der Waals surface area contributed by atoms with E-state index in [4.69, 9.17) is 13.6 Å². The fourth-order valence-electron chi connectivity index (χ4n) is 4.02. The van der Waals surface area contributed by atoms with Crippen LogP contribution in [0, 0.1) is 0 Å². The Morgan fingerprint density at radius 3 is 1.27 bits per heavy atom. The van der Waals surface area contributed by atoms with Crippen molar-refractivity contribution in [2.45, 2.75) is 12.8 Å². The maximum atomic E-state index is 14.3. The summed E-state index contributed by atoms with van der Waals surface area (Å²) in [6.45, 7) is 0. The maximum absolute atomic E-state index is 14.3. The third kappa shape index (κ3) is 6.69. The Hall–Kier alpha value is -4.27. The van der Waals surface area contributed by atoms with Crippen LogP contribution in [-0.4, -0.2) is 0 Å². The Morgan fingerprint density at radius 1 is 0.432 bits per heavy atom. The predicted octanol–water partition coefficient (Wildman–Crippen LogP) is 8.51. The molecular formula is C32H27O4P. The fourth-order valence-corrected chi connectivity index (χ4v) is 5.35. The summed E-state index contributed by atoms with van der Waals surface area (Å²) >= 11 is 0. The Labute approximate surface area is 217 Å². The van der Waals surface area contributed by atoms with E-state index < -0.39 is 7.82 Å². The molecule has 5 aromatic rings. The average Bonchev–Trinajstić information content (AvgIpc) is 2.93. The van der Waals surface area contributed by atoms with Crippen molar-refractivity contribution in [3.05, 3.63) is 162 Å². The number of rotatable bonds is 10. The number of phosphoric ester groups is 1. The average molecular weight is 507 g/mol. The molecule has 0 aliphatic heterocycles. The highest BCUT2D eigenvalue weighted by molar-refractivity contribution is 7.49. The minimum absolute atomic E-state index is 0.395. The van der Waals surface area contributed by atoms with Gasteiger partial charge in [0.2, 0.25) is 0 Å². The molecule has 0 atom stereocenters. The van der Waals surface area contributed by atoms with Crippen molar-refractivity contribution in [3.8, 4) is 17.2 Å². The van der Waals surface area contributed by atoms with Gasteiger partial charge in [-0.3, -0.25) is 0 Å². The van der Waals surface area contributed by atoms with Gasteiger partial charge >= 0.3 is 7.82 Å². The zero-order chi connectivity index (χ0) is 25.3. The van der Waals surface area contributed by atoms with Crippen LogP contribution in [0.4, 0.5) is 0 Å². The van der Waals surface area contributed by atoms with Gasteiger partial charge in [0.1, 0.15) is 17.2 Å². The molecule has 0 bridgehead atoms. The second-order valence-corrected chi connectivity index (χ2v) is 10.0. The molecule has 37 heavy (non-hydrogen) atoms. The molecule has 0 saturated carbocycles. The zero-order valence-corrected chi connectivity index (χ0v) is 21.2. The number of para-hydroxylation sites is 3. The molecule has 4 nitrogen and oxygen atoms in total. The molecule has 0 unspecified atom stereocenters. The minimum Gasteiger partial charge on any atom is -0.386 e. The molecule has 0 aliphatic carbocycles. The Balaban J connectivity index is 1.47. The smallest absolute Gasteiger partial charge is 0.386 e. The van der Waals surface area contributed by atoms with Gasteiger partial charge in [0.15, 0.2) is 0 Å². The summed E-state index contributed by atoms with van der Waals surface area (Å²) in [6.07, 6.45) is 1.24. The highest BCUT2D eigenvalue weighted by Crippen LogP contribution is 2.51. The van der Waals surface area contributed by atoms with Crippen molar-refractivity contribution in [2.75, 3.05) is 0 Å². The molecule has 0 fully saturated rings. The second kappa shape index (κ2) is 11.6. The van der Waals surface area contributed by atoms with Crippen LogP contribution in [0.25, 0.3) is 0 Å². The lowest BCUT2D eigenvalue weighted by Gasteiger charge is -2.22. The van der Waals surface area contributed by atoms with Crippen molar-refractivity contribution in [3.63, 3.8) is 0 Å². The van der Waals surface area contributed by atoms with E-state index in [9.17, 15) is 4.57 Å². The molecule has 0 heterocycles. The van der Waals surface area contributed by atoms with Crippen molar-refractivity contribution >= 4 is 7.82 Å². The number of phosphoric acid groups is 1. The van der Waals surface area contributed by atoms with Gasteiger partial charge in [-0.05, 0) is 46.5 Å². The summed E-state index contributed by atoms with van der Waals surface area (Å²) in [5.41, 5.74) is 4.00. The van der Waals surface area contributed by atoms with Crippen LogP contribution in [0.1, 0.15) is 22.3 Å². The van der Waals surface area contributed by atoms with E-state index in [0.29, 0.717) is 30.1 Å². The molecule has 0 spiro atoms. The first-order valence-electron chi connectivity index (χ1n) is 12.1. The van der Waals surface area contributed by atoms with E-state index in [-0.39, 0.29) is 0 Å². The van der Waals surface area contributed by atoms with Crippen LogP contribution in [0.5, 0.6) is 17.2 Å². The van der Waals surface area contributed by atoms with Crippen molar-refractivity contribution < 1.29 is 18.1 Å². The molecule has 5 rings (SSSR count). The Morgan fingerprint density at radius 2 is 0.811 bits per heavy atom. The van der Waals surface area contributed by atoms with Crippen molar-refractivity contribution in [2.24, 2.45) is 0 Å². The van der Waals surface area contributed by atoms with Crippen molar-refractivity contribution in [1.82, 2.24) is 0 Å². The second-order valence-electron chi connectivity index (χ2n) is 8.57. The molecule has 0 N–H and O–H groups in total. The summed E-state index contributed by atoms with van der Waals surface area (Å²) in [4.78, 5) is 0. The molecule has 184 valence electrons. The van der Waals surface area contributed by atoms with E-state index in [2.05, 4.69) is 0 Å². The molecule has 0 aliphatic rings. The van der Waals surface area contributed by atoms with Gasteiger partial charge in [-0.2, -0.15) is 4.57 Å². The van der Waals surface area contributed by atoms with Gasteiger partial charge in [-0.15, -0.1) is 0 Å². The van der Waals surface area contributed by atoms with Gasteiger partial charge in [0.25, 0.3) is 0 Å². The number of benzene rings is 5. The maximum Gasteiger partial charge on any atom is 0.647 e. The van der Waals surface area contributed by atoms with E-state index in [0.717, 1.165) is 22.3 Å². The molecule has 0 amide bonds. The standard InChI is InChI=1S/C32H27O4P/c33-37(34-30-20-8-3-9-21-30,35-31-22-12-10-18-28(31)24-26-14-4-1-5-15-26)36-32-23-13-11-19-29(32)25-27-16-6-2-7-17-27/h1-23H,24-25H2. The number of hydrogen-bond donors (Lipinski definition) is 0. The van der Waals surface area contributed by atoms with Crippen LogP contribution in [-0.2, 0) is 17.4 Å². The highest BCUT2D eigenvalue weighted by Gasteiger charge is 2.34. The summed E-state index contributed by atoms with van der Waals surface area (Å²) in [7, 11) is -4.15. The lowest BCUT2D eigenvalue weighted by atomic mass is 10.0. The molecule has 5 aromatic carbocycles. The van der Waals surface area contributed by atoms with E-state index in [1.54, 1.807) is 24.3 Å². The van der Waals surface area contributed by atoms with Crippen LogP contribution in [0.3, 0.4) is 0 Å². The molecular weight excluding hydrogens is 479 g/mol. The summed E-state index contributed by atoms with van der Waals surface area (Å²) in [5.74, 6) is 1.30. The van der Waals surface area contributed by atoms with Crippen LogP contribution in [0.15, 0.2) is 140 Å². The molecule has 0 saturated heterocycles. The quantitative estimate of drug-likeness (QED) is 0.178. The molecule has 0 aromatic heterocycles. The fraction of sp³-hybridized carbons (Fsp3) is 0.0625. The van der Waals surface area contributed by atoms with Crippen molar-refractivity contribution in [1.29, 1.82) is 0 Å². The third-order valence-corrected chi connectivity index (χ3v) is 7.08. The normalized spacial score (nSPS) is 11.0. The van der Waals surface area contributed by atoms with E-state index >= 15 is 0 Å². The zero-order valence-electron chi connectivity index (χ0n) is 20.3. The lowest BCUT2D eigenvalue weighted by molar-refractivity contribution is 0.296. The first-order valence-corrected chi connectivity index (χ1v) is 13.6. The van der Waals surface area contributed by atoms with Gasteiger partial charge in [-0.25, -0.2) is 0 Å². The first-order chi connectivity index (χ1) is 18.2. The molecule has 5 heteroatoms. The van der Waals surface area contributed by atoms with Gasteiger partial charge in [0, 0.05) is 12.8 Å². The van der Waals surface area contributed by atoms with E-state index in [1.807, 2.05) is 115 Å². The lowest BCUT2D eigenvalue weighted by Crippen LogP contribution is -2.10. The van der Waals surface area contributed by atoms with E-state index in [1.165, 1.54) is 0 Å². The molecule has 0 radical (unpaired) electrons. The predicted molar refractivity (Wildman–Crippen MR) is 147 cm³/mol. The largest absolute Gasteiger partial charge is 0.647 e. The Bertz CT molecular complexity index is 1380. The summed E-state index contributed by atoms with van der Waals surface area (Å²) in [5, 5.41) is 0. The van der Waals surface area contributed by atoms with Crippen LogP contribution in [0.2, 0.25) is 0 Å². The topological polar surface area (TPSA) is 44.8 Å². The minimum atomic E-state index is -4.15. The third-order valence-electron chi connectivity index (χ3n) is 5.80. The van der Waals surface area contributed by atoms with Crippen LogP contribution < -0.4 is 13.6 Å². The first kappa shape index (κ1) is 24.4. The van der Waals surface area contributed by atoms with Crippen LogP contribution >= 0.6 is 7.82 Å². The highest BCUT2D eigenvalue weighted by atomic mass is 31.2.